The van der Waals surface area contributed by atoms with Gasteiger partial charge in [0.2, 0.25) is 0 Å². The minimum atomic E-state index is -0.315. The van der Waals surface area contributed by atoms with Gasteiger partial charge in [0, 0.05) is 55.7 Å². The van der Waals surface area contributed by atoms with Crippen LogP contribution in [0.25, 0.3) is 0 Å². The van der Waals surface area contributed by atoms with Crippen LogP contribution in [0, 0.1) is 0 Å². The molecule has 1 heterocycles. The Morgan fingerprint density at radius 3 is 2.33 bits per heavy atom. The Balaban J connectivity index is 1.37. The van der Waals surface area contributed by atoms with Crippen molar-refractivity contribution in [3.8, 4) is 0 Å². The maximum absolute atomic E-state index is 13.9. The lowest BCUT2D eigenvalue weighted by Crippen LogP contribution is -2.34. The summed E-state index contributed by atoms with van der Waals surface area (Å²) in [6.45, 7) is 2.29. The van der Waals surface area contributed by atoms with Gasteiger partial charge < -0.3 is 19.9 Å². The number of amides is 2. The number of rotatable bonds is 12. The molecule has 0 fully saturated rings. The van der Waals surface area contributed by atoms with Gasteiger partial charge >= 0.3 is 0 Å². The predicted octanol–water partition coefficient (Wildman–Crippen LogP) is 6.17. The van der Waals surface area contributed by atoms with Crippen molar-refractivity contribution in [2.24, 2.45) is 0 Å². The lowest BCUT2D eigenvalue weighted by molar-refractivity contribution is 0.0718. The molecule has 1 N–H and O–H groups in total. The van der Waals surface area contributed by atoms with Crippen LogP contribution in [0.2, 0.25) is 0 Å². The Bertz CT molecular complexity index is 1420. The SMILES string of the molecule is COCCCN1C(=O)c2ccccc2C1Nc1cccc(C(=O)N(CCc2ccccc2)Cc2ccccc2)c1. The summed E-state index contributed by atoms with van der Waals surface area (Å²) in [5.41, 5.74) is 5.33. The van der Waals surface area contributed by atoms with Crippen LogP contribution >= 0.6 is 0 Å². The molecule has 40 heavy (non-hydrogen) atoms. The fourth-order valence-corrected chi connectivity index (χ4v) is 5.18. The molecule has 4 aromatic rings. The fourth-order valence-electron chi connectivity index (χ4n) is 5.18. The number of nitrogens with zero attached hydrogens (tertiary/aromatic N) is 2. The topological polar surface area (TPSA) is 61.9 Å². The highest BCUT2D eigenvalue weighted by atomic mass is 16.5. The summed E-state index contributed by atoms with van der Waals surface area (Å²) in [7, 11) is 1.67. The van der Waals surface area contributed by atoms with Gasteiger partial charge in [-0.2, -0.15) is 0 Å². The highest BCUT2D eigenvalue weighted by Crippen LogP contribution is 2.34. The van der Waals surface area contributed by atoms with Gasteiger partial charge in [-0.3, -0.25) is 9.59 Å². The first kappa shape index (κ1) is 27.2. The maximum Gasteiger partial charge on any atom is 0.256 e. The van der Waals surface area contributed by atoms with Crippen molar-refractivity contribution in [3.05, 3.63) is 137 Å². The number of hydrogen-bond donors (Lipinski definition) is 1. The molecule has 204 valence electrons. The van der Waals surface area contributed by atoms with Crippen LogP contribution in [-0.4, -0.2) is 48.4 Å². The monoisotopic (exact) mass is 533 g/mol. The van der Waals surface area contributed by atoms with Crippen molar-refractivity contribution in [1.82, 2.24) is 9.80 Å². The largest absolute Gasteiger partial charge is 0.385 e. The van der Waals surface area contributed by atoms with Crippen molar-refractivity contribution in [2.75, 3.05) is 32.1 Å². The third-order valence-electron chi connectivity index (χ3n) is 7.24. The third kappa shape index (κ3) is 6.41. The van der Waals surface area contributed by atoms with Crippen molar-refractivity contribution < 1.29 is 14.3 Å². The van der Waals surface area contributed by atoms with Gasteiger partial charge in [-0.25, -0.2) is 0 Å². The highest BCUT2D eigenvalue weighted by Gasteiger charge is 2.36. The van der Waals surface area contributed by atoms with E-state index >= 15 is 0 Å². The second-order valence-electron chi connectivity index (χ2n) is 10.0. The van der Waals surface area contributed by atoms with E-state index in [9.17, 15) is 9.59 Å². The van der Waals surface area contributed by atoms with Gasteiger partial charge in [0.05, 0.1) is 0 Å². The van der Waals surface area contributed by atoms with Crippen LogP contribution in [0.1, 0.15) is 50.0 Å². The number of benzene rings is 4. The predicted molar refractivity (Wildman–Crippen MR) is 158 cm³/mol. The molecule has 0 spiro atoms. The molecule has 6 heteroatoms. The summed E-state index contributed by atoms with van der Waals surface area (Å²) >= 11 is 0. The number of fused-ring (bicyclic) bond motifs is 1. The van der Waals surface area contributed by atoms with Crippen molar-refractivity contribution >= 4 is 17.5 Å². The van der Waals surface area contributed by atoms with Gasteiger partial charge in [0.1, 0.15) is 6.17 Å². The van der Waals surface area contributed by atoms with E-state index < -0.39 is 0 Å². The van der Waals surface area contributed by atoms with Crippen molar-refractivity contribution in [3.63, 3.8) is 0 Å². The lowest BCUT2D eigenvalue weighted by Gasteiger charge is -2.27. The van der Waals surface area contributed by atoms with E-state index in [1.165, 1.54) is 5.56 Å². The zero-order valence-corrected chi connectivity index (χ0v) is 22.8. The number of anilines is 1. The molecule has 5 rings (SSSR count). The zero-order valence-electron chi connectivity index (χ0n) is 22.8. The Morgan fingerprint density at radius 1 is 0.875 bits per heavy atom. The quantitative estimate of drug-likeness (QED) is 0.221. The summed E-state index contributed by atoms with van der Waals surface area (Å²) in [5.74, 6) is -0.0188. The Morgan fingerprint density at radius 2 is 1.57 bits per heavy atom. The number of carbonyl (C=O) groups excluding carboxylic acids is 2. The maximum atomic E-state index is 13.9. The van der Waals surface area contributed by atoms with Gasteiger partial charge in [-0.15, -0.1) is 0 Å². The van der Waals surface area contributed by atoms with Gasteiger partial charge in [-0.1, -0.05) is 84.9 Å². The summed E-state index contributed by atoms with van der Waals surface area (Å²) in [6, 6.07) is 35.6. The molecule has 1 unspecified atom stereocenters. The van der Waals surface area contributed by atoms with E-state index in [0.717, 1.165) is 29.7 Å². The van der Waals surface area contributed by atoms with Crippen LogP contribution in [0.5, 0.6) is 0 Å². The van der Waals surface area contributed by atoms with E-state index in [2.05, 4.69) is 17.4 Å². The molecule has 0 aliphatic carbocycles. The average Bonchev–Trinajstić information content (AvgIpc) is 3.26. The Kier molecular flexibility index (Phi) is 8.89. The molecule has 0 saturated heterocycles. The van der Waals surface area contributed by atoms with Gasteiger partial charge in [0.15, 0.2) is 0 Å². The van der Waals surface area contributed by atoms with E-state index in [4.69, 9.17) is 4.74 Å². The summed E-state index contributed by atoms with van der Waals surface area (Å²) in [5, 5.41) is 3.54. The molecule has 4 aromatic carbocycles. The molecule has 1 aliphatic heterocycles. The van der Waals surface area contributed by atoms with Crippen LogP contribution < -0.4 is 5.32 Å². The molecule has 1 aliphatic rings. The second-order valence-corrected chi connectivity index (χ2v) is 10.0. The molecule has 2 amide bonds. The first-order valence-corrected chi connectivity index (χ1v) is 13.8. The van der Waals surface area contributed by atoms with E-state index in [1.54, 1.807) is 7.11 Å². The number of ether oxygens (including phenoxy) is 1. The number of methoxy groups -OCH3 is 1. The standard InChI is InChI=1S/C34H35N3O3/c1-40-23-11-21-37-32(30-18-8-9-19-31(30)34(37)39)35-29-17-10-16-28(24-29)33(38)36(25-27-14-6-3-7-15-27)22-20-26-12-4-2-5-13-26/h2-10,12-19,24,32,35H,11,20-23,25H2,1H3. The Hall–Kier alpha value is -4.42. The average molecular weight is 534 g/mol. The van der Waals surface area contributed by atoms with Gasteiger partial charge in [0.25, 0.3) is 11.8 Å². The van der Waals surface area contributed by atoms with E-state index in [-0.39, 0.29) is 18.0 Å². The minimum Gasteiger partial charge on any atom is -0.385 e. The summed E-state index contributed by atoms with van der Waals surface area (Å²) < 4.78 is 5.22. The Labute approximate surface area is 236 Å². The van der Waals surface area contributed by atoms with Crippen LogP contribution in [-0.2, 0) is 17.7 Å². The molecule has 0 saturated carbocycles. The van der Waals surface area contributed by atoms with Crippen LogP contribution in [0.4, 0.5) is 5.69 Å². The molecular formula is C34H35N3O3. The molecule has 0 aromatic heterocycles. The summed E-state index contributed by atoms with van der Waals surface area (Å²) in [4.78, 5) is 30.8. The molecular weight excluding hydrogens is 498 g/mol. The molecule has 0 radical (unpaired) electrons. The first-order valence-electron chi connectivity index (χ1n) is 13.8. The van der Waals surface area contributed by atoms with Crippen LogP contribution in [0.15, 0.2) is 109 Å². The smallest absolute Gasteiger partial charge is 0.256 e. The molecule has 1 atom stereocenters. The van der Waals surface area contributed by atoms with Gasteiger partial charge in [-0.05, 0) is 48.2 Å². The van der Waals surface area contributed by atoms with Crippen LogP contribution in [0.3, 0.4) is 0 Å². The van der Waals surface area contributed by atoms with E-state index in [1.807, 2.05) is 107 Å². The number of carbonyl (C=O) groups is 2. The highest BCUT2D eigenvalue weighted by molar-refractivity contribution is 5.99. The molecule has 0 bridgehead atoms. The summed E-state index contributed by atoms with van der Waals surface area (Å²) in [6.07, 6.45) is 1.20. The van der Waals surface area contributed by atoms with E-state index in [0.29, 0.717) is 37.4 Å². The second kappa shape index (κ2) is 13.1. The molecule has 6 nitrogen and oxygen atoms in total. The third-order valence-corrected chi connectivity index (χ3v) is 7.24. The fraction of sp³-hybridized carbons (Fsp3) is 0.235. The minimum absolute atomic E-state index is 0.00591. The lowest BCUT2D eigenvalue weighted by atomic mass is 10.1. The number of nitrogens with one attached hydrogen (secondary N) is 1. The van der Waals surface area contributed by atoms with Crippen molar-refractivity contribution in [2.45, 2.75) is 25.6 Å². The number of hydrogen-bond acceptors (Lipinski definition) is 4. The first-order chi connectivity index (χ1) is 19.6. The normalized spacial score (nSPS) is 14.2. The zero-order chi connectivity index (χ0) is 27.7. The van der Waals surface area contributed by atoms with Crippen molar-refractivity contribution in [1.29, 1.82) is 0 Å².